The van der Waals surface area contributed by atoms with E-state index in [4.69, 9.17) is 9.72 Å². The molecule has 4 rings (SSSR count). The van der Waals surface area contributed by atoms with Crippen molar-refractivity contribution in [2.24, 2.45) is 5.92 Å². The van der Waals surface area contributed by atoms with Crippen LogP contribution in [-0.4, -0.2) is 56.2 Å². The summed E-state index contributed by atoms with van der Waals surface area (Å²) >= 11 is 0. The van der Waals surface area contributed by atoms with Crippen molar-refractivity contribution in [3.63, 3.8) is 0 Å². The molecule has 2 fully saturated rings. The SMILES string of the molecule is CC(=O)N1CCc2nc([C@@H]3CCCN3C(=O)[C@@H]3CC(=O)OC3(C)C)ncc2C1. The summed E-state index contributed by atoms with van der Waals surface area (Å²) in [7, 11) is 0. The highest BCUT2D eigenvalue weighted by molar-refractivity contribution is 5.88. The van der Waals surface area contributed by atoms with E-state index in [1.807, 2.05) is 4.90 Å². The Morgan fingerprint density at radius 3 is 2.75 bits per heavy atom. The second-order valence-electron chi connectivity index (χ2n) is 8.41. The number of esters is 1. The highest BCUT2D eigenvalue weighted by Gasteiger charge is 2.49. The number of hydrogen-bond donors (Lipinski definition) is 0. The van der Waals surface area contributed by atoms with Gasteiger partial charge in [0.1, 0.15) is 5.60 Å². The van der Waals surface area contributed by atoms with Gasteiger partial charge in [-0.2, -0.15) is 0 Å². The molecule has 0 N–H and O–H groups in total. The minimum Gasteiger partial charge on any atom is -0.459 e. The lowest BCUT2D eigenvalue weighted by Crippen LogP contribution is -2.43. The molecular formula is C20H26N4O4. The van der Waals surface area contributed by atoms with Crippen molar-refractivity contribution in [1.82, 2.24) is 19.8 Å². The van der Waals surface area contributed by atoms with E-state index in [9.17, 15) is 14.4 Å². The predicted octanol–water partition coefficient (Wildman–Crippen LogP) is 1.39. The maximum absolute atomic E-state index is 13.2. The summed E-state index contributed by atoms with van der Waals surface area (Å²) in [5, 5.41) is 0. The molecule has 0 unspecified atom stereocenters. The van der Waals surface area contributed by atoms with Crippen LogP contribution in [0.4, 0.5) is 0 Å². The number of likely N-dealkylation sites (tertiary alicyclic amines) is 1. The van der Waals surface area contributed by atoms with E-state index in [0.717, 1.165) is 24.1 Å². The number of nitrogens with zero attached hydrogens (tertiary/aromatic N) is 4. The van der Waals surface area contributed by atoms with Crippen molar-refractivity contribution in [2.45, 2.75) is 64.6 Å². The Balaban J connectivity index is 1.55. The minimum absolute atomic E-state index is 0.0533. The molecule has 0 aliphatic carbocycles. The van der Waals surface area contributed by atoms with Crippen LogP contribution in [0, 0.1) is 5.92 Å². The van der Waals surface area contributed by atoms with Gasteiger partial charge in [-0.15, -0.1) is 0 Å². The number of fused-ring (bicyclic) bond motifs is 1. The number of aromatic nitrogens is 2. The monoisotopic (exact) mass is 386 g/mol. The number of carbonyl (C=O) groups is 3. The van der Waals surface area contributed by atoms with Gasteiger partial charge < -0.3 is 14.5 Å². The van der Waals surface area contributed by atoms with E-state index in [2.05, 4.69) is 4.98 Å². The second kappa shape index (κ2) is 6.83. The molecule has 4 heterocycles. The van der Waals surface area contributed by atoms with Crippen LogP contribution < -0.4 is 0 Å². The summed E-state index contributed by atoms with van der Waals surface area (Å²) in [5.74, 6) is -0.133. The number of ether oxygens (including phenoxy) is 1. The zero-order valence-corrected chi connectivity index (χ0v) is 16.6. The predicted molar refractivity (Wildman–Crippen MR) is 98.8 cm³/mol. The Bertz CT molecular complexity index is 837. The van der Waals surface area contributed by atoms with Crippen LogP contribution in [0.25, 0.3) is 0 Å². The van der Waals surface area contributed by atoms with Crippen LogP contribution >= 0.6 is 0 Å². The summed E-state index contributed by atoms with van der Waals surface area (Å²) in [5.41, 5.74) is 1.15. The fraction of sp³-hybridized carbons (Fsp3) is 0.650. The van der Waals surface area contributed by atoms with Crippen molar-refractivity contribution in [3.05, 3.63) is 23.3 Å². The molecule has 2 amide bonds. The minimum atomic E-state index is -0.784. The average Bonchev–Trinajstić information content (AvgIpc) is 3.23. The van der Waals surface area contributed by atoms with Crippen molar-refractivity contribution in [3.8, 4) is 0 Å². The Morgan fingerprint density at radius 2 is 2.07 bits per heavy atom. The first-order chi connectivity index (χ1) is 13.3. The maximum atomic E-state index is 13.2. The number of carbonyl (C=O) groups excluding carboxylic acids is 3. The molecule has 28 heavy (non-hydrogen) atoms. The second-order valence-corrected chi connectivity index (χ2v) is 8.41. The van der Waals surface area contributed by atoms with E-state index < -0.39 is 11.5 Å². The van der Waals surface area contributed by atoms with Crippen molar-refractivity contribution in [1.29, 1.82) is 0 Å². The van der Waals surface area contributed by atoms with Gasteiger partial charge in [-0.1, -0.05) is 0 Å². The Morgan fingerprint density at radius 1 is 1.29 bits per heavy atom. The highest BCUT2D eigenvalue weighted by atomic mass is 16.6. The molecule has 0 saturated carbocycles. The zero-order chi connectivity index (χ0) is 20.1. The van der Waals surface area contributed by atoms with E-state index in [1.165, 1.54) is 0 Å². The molecule has 8 nitrogen and oxygen atoms in total. The fourth-order valence-electron chi connectivity index (χ4n) is 4.46. The lowest BCUT2D eigenvalue weighted by molar-refractivity contribution is -0.149. The lowest BCUT2D eigenvalue weighted by Gasteiger charge is -2.31. The van der Waals surface area contributed by atoms with Crippen LogP contribution in [-0.2, 0) is 32.1 Å². The van der Waals surface area contributed by atoms with Crippen molar-refractivity contribution < 1.29 is 19.1 Å². The van der Waals surface area contributed by atoms with Crippen LogP contribution in [0.15, 0.2) is 6.20 Å². The van der Waals surface area contributed by atoms with Crippen molar-refractivity contribution in [2.75, 3.05) is 13.1 Å². The van der Waals surface area contributed by atoms with Gasteiger partial charge in [-0.05, 0) is 26.7 Å². The van der Waals surface area contributed by atoms with E-state index in [-0.39, 0.29) is 30.2 Å². The van der Waals surface area contributed by atoms with Crippen LogP contribution in [0.1, 0.15) is 63.2 Å². The Labute approximate surface area is 164 Å². The third-order valence-electron chi connectivity index (χ3n) is 6.12. The molecule has 2 saturated heterocycles. The van der Waals surface area contributed by atoms with Crippen LogP contribution in [0.3, 0.4) is 0 Å². The first kappa shape index (κ1) is 18.8. The average molecular weight is 386 g/mol. The molecule has 0 radical (unpaired) electrons. The molecule has 0 bridgehead atoms. The molecule has 0 spiro atoms. The third kappa shape index (κ3) is 3.25. The first-order valence-electron chi connectivity index (χ1n) is 9.89. The van der Waals surface area contributed by atoms with E-state index in [0.29, 0.717) is 31.9 Å². The van der Waals surface area contributed by atoms with E-state index in [1.54, 1.807) is 31.9 Å². The number of amides is 2. The van der Waals surface area contributed by atoms with Gasteiger partial charge in [0.15, 0.2) is 5.82 Å². The number of hydrogen-bond acceptors (Lipinski definition) is 6. The summed E-state index contributed by atoms with van der Waals surface area (Å²) in [4.78, 5) is 49.4. The normalized spacial score (nSPS) is 26.2. The smallest absolute Gasteiger partial charge is 0.307 e. The molecule has 1 aromatic heterocycles. The summed E-state index contributed by atoms with van der Waals surface area (Å²) in [6.07, 6.45) is 4.31. The van der Waals surface area contributed by atoms with Gasteiger partial charge >= 0.3 is 5.97 Å². The van der Waals surface area contributed by atoms with Gasteiger partial charge in [-0.3, -0.25) is 14.4 Å². The number of rotatable bonds is 2. The van der Waals surface area contributed by atoms with Gasteiger partial charge in [0, 0.05) is 44.7 Å². The Hall–Kier alpha value is -2.51. The maximum Gasteiger partial charge on any atom is 0.307 e. The lowest BCUT2D eigenvalue weighted by atomic mass is 9.89. The summed E-state index contributed by atoms with van der Waals surface area (Å²) < 4.78 is 5.34. The van der Waals surface area contributed by atoms with Crippen LogP contribution in [0.2, 0.25) is 0 Å². The number of cyclic esters (lactones) is 1. The molecule has 2 atom stereocenters. The van der Waals surface area contributed by atoms with Gasteiger partial charge in [0.25, 0.3) is 0 Å². The molecule has 150 valence electrons. The first-order valence-corrected chi connectivity index (χ1v) is 9.89. The molecule has 3 aliphatic rings. The molecule has 1 aromatic rings. The molecule has 8 heteroatoms. The van der Waals surface area contributed by atoms with Gasteiger partial charge in [-0.25, -0.2) is 9.97 Å². The highest BCUT2D eigenvalue weighted by Crippen LogP contribution is 2.38. The summed E-state index contributed by atoms with van der Waals surface area (Å²) in [6.45, 7) is 6.99. The standard InChI is InChI=1S/C20H26N4O4/c1-12(25)23-8-6-15-13(11-23)10-21-18(22-15)16-5-4-7-24(16)19(27)14-9-17(26)28-20(14,2)3/h10,14,16H,4-9,11H2,1-3H3/t14-,16-/m0/s1. The zero-order valence-electron chi connectivity index (χ0n) is 16.6. The largest absolute Gasteiger partial charge is 0.459 e. The topological polar surface area (TPSA) is 92.7 Å². The molecular weight excluding hydrogens is 360 g/mol. The molecule has 0 aromatic carbocycles. The quantitative estimate of drug-likeness (QED) is 0.713. The fourth-order valence-corrected chi connectivity index (χ4v) is 4.46. The Kier molecular flexibility index (Phi) is 4.59. The molecule has 3 aliphatic heterocycles. The van der Waals surface area contributed by atoms with Gasteiger partial charge in [0.2, 0.25) is 11.8 Å². The van der Waals surface area contributed by atoms with E-state index >= 15 is 0 Å². The van der Waals surface area contributed by atoms with Crippen molar-refractivity contribution >= 4 is 17.8 Å². The third-order valence-corrected chi connectivity index (χ3v) is 6.12. The summed E-state index contributed by atoms with van der Waals surface area (Å²) in [6, 6.07) is -0.171. The van der Waals surface area contributed by atoms with Crippen LogP contribution in [0.5, 0.6) is 0 Å². The van der Waals surface area contributed by atoms with Gasteiger partial charge in [0.05, 0.1) is 24.1 Å².